The molecule has 45 heavy (non-hydrogen) atoms. The van der Waals surface area contributed by atoms with Crippen molar-refractivity contribution in [2.24, 2.45) is 0 Å². The number of methoxy groups -OCH3 is 1. The Morgan fingerprint density at radius 3 is 2.40 bits per heavy atom. The van der Waals surface area contributed by atoms with E-state index in [1.165, 1.54) is 31.4 Å². The van der Waals surface area contributed by atoms with Crippen LogP contribution in [-0.4, -0.2) is 44.3 Å². The van der Waals surface area contributed by atoms with Gasteiger partial charge in [-0.3, -0.25) is 9.10 Å². The highest BCUT2D eigenvalue weighted by atomic mass is 35.5. The van der Waals surface area contributed by atoms with E-state index in [4.69, 9.17) is 20.8 Å². The Labute approximate surface area is 256 Å². The zero-order valence-corrected chi connectivity index (χ0v) is 24.4. The molecular weight excluding hydrogens is 656 g/mol. The summed E-state index contributed by atoms with van der Waals surface area (Å²) in [5, 5.41) is 7.20. The lowest BCUT2D eigenvalue weighted by atomic mass is 10.1. The van der Waals surface area contributed by atoms with Gasteiger partial charge in [0.1, 0.15) is 11.9 Å². The molecule has 3 aromatic carbocycles. The highest BCUT2D eigenvalue weighted by Crippen LogP contribution is 2.43. The van der Waals surface area contributed by atoms with Crippen LogP contribution in [0.5, 0.6) is 5.75 Å². The molecule has 238 valence electrons. The standard InChI is InChI=1S/C28H20ClF6N3O6S/c1-42-23(39)11-9-17-14-38(45(40,41)18-5-2-4-16(13-18)27(30,31)32)21-12-15(8-10-22(21)43-17)25-36-37-26(44-25)24-19(28(33,34)35)6-3-7-20(24)29/h2-8,10,12-13,17H,9,11,14H2,1H3/t17-/m0/s1. The number of hydrogen-bond donors (Lipinski definition) is 0. The summed E-state index contributed by atoms with van der Waals surface area (Å²) < 4.78 is 126. The van der Waals surface area contributed by atoms with Gasteiger partial charge < -0.3 is 13.9 Å². The third-order valence-electron chi connectivity index (χ3n) is 6.74. The van der Waals surface area contributed by atoms with Crippen molar-refractivity contribution < 1.29 is 53.4 Å². The number of sulfonamides is 1. The van der Waals surface area contributed by atoms with Crippen molar-refractivity contribution in [3.05, 3.63) is 76.8 Å². The number of hydrogen-bond acceptors (Lipinski definition) is 8. The first kappa shape index (κ1) is 32.1. The molecule has 0 aliphatic carbocycles. The third kappa shape index (κ3) is 6.56. The number of carbonyl (C=O) groups is 1. The average molecular weight is 676 g/mol. The van der Waals surface area contributed by atoms with Crippen molar-refractivity contribution in [1.29, 1.82) is 0 Å². The van der Waals surface area contributed by atoms with Crippen LogP contribution in [0.3, 0.4) is 0 Å². The Hall–Kier alpha value is -4.31. The van der Waals surface area contributed by atoms with Gasteiger partial charge in [0.15, 0.2) is 0 Å². The SMILES string of the molecule is COC(=O)CC[C@H]1CN(S(=O)(=O)c2cccc(C(F)(F)F)c2)c2cc(-c3nnc(-c4c(Cl)cccc4C(F)(F)F)o3)ccc2O1. The number of anilines is 1. The molecule has 0 spiro atoms. The van der Waals surface area contributed by atoms with Crippen molar-refractivity contribution in [1.82, 2.24) is 10.2 Å². The normalized spacial score (nSPS) is 15.4. The quantitative estimate of drug-likeness (QED) is 0.152. The predicted molar refractivity (Wildman–Crippen MR) is 147 cm³/mol. The minimum atomic E-state index is -4.83. The van der Waals surface area contributed by atoms with Crippen molar-refractivity contribution in [3.63, 3.8) is 0 Å². The molecule has 4 aromatic rings. The number of halogens is 7. The number of benzene rings is 3. The Morgan fingerprint density at radius 1 is 1.00 bits per heavy atom. The minimum Gasteiger partial charge on any atom is -0.486 e. The Bertz CT molecular complexity index is 1860. The molecular formula is C28H20ClF6N3O6S. The summed E-state index contributed by atoms with van der Waals surface area (Å²) in [6.07, 6.45) is -10.7. The molecule has 0 amide bonds. The van der Waals surface area contributed by atoms with Crippen LogP contribution in [0.4, 0.5) is 32.0 Å². The summed E-state index contributed by atoms with van der Waals surface area (Å²) in [4.78, 5) is 11.1. The fraction of sp³-hybridized carbons (Fsp3) is 0.250. The highest BCUT2D eigenvalue weighted by Gasteiger charge is 2.39. The predicted octanol–water partition coefficient (Wildman–Crippen LogP) is 7.00. The summed E-state index contributed by atoms with van der Waals surface area (Å²) >= 11 is 6.04. The number of alkyl halides is 6. The first-order valence-corrected chi connectivity index (χ1v) is 14.7. The van der Waals surface area contributed by atoms with Crippen molar-refractivity contribution >= 4 is 33.3 Å². The lowest BCUT2D eigenvalue weighted by molar-refractivity contribution is -0.141. The van der Waals surface area contributed by atoms with Gasteiger partial charge in [-0.05, 0) is 55.0 Å². The van der Waals surface area contributed by atoms with E-state index in [1.54, 1.807) is 0 Å². The van der Waals surface area contributed by atoms with E-state index in [9.17, 15) is 39.6 Å². The second kappa shape index (κ2) is 11.9. The lowest BCUT2D eigenvalue weighted by Crippen LogP contribution is -2.43. The number of rotatable bonds is 7. The number of fused-ring (bicyclic) bond motifs is 1. The average Bonchev–Trinajstić information content (AvgIpc) is 3.48. The lowest BCUT2D eigenvalue weighted by Gasteiger charge is -2.35. The maximum absolute atomic E-state index is 13.8. The fourth-order valence-corrected chi connectivity index (χ4v) is 6.38. The summed E-state index contributed by atoms with van der Waals surface area (Å²) in [5.41, 5.74) is -2.96. The van der Waals surface area contributed by atoms with E-state index >= 15 is 0 Å². The fourth-order valence-electron chi connectivity index (χ4n) is 4.58. The van der Waals surface area contributed by atoms with E-state index in [0.29, 0.717) is 6.07 Å². The summed E-state index contributed by atoms with van der Waals surface area (Å²) in [7, 11) is -3.50. The van der Waals surface area contributed by atoms with Gasteiger partial charge in [0.05, 0.1) is 46.0 Å². The van der Waals surface area contributed by atoms with Crippen molar-refractivity contribution in [2.45, 2.75) is 36.2 Å². The number of aromatic nitrogens is 2. The largest absolute Gasteiger partial charge is 0.486 e. The van der Waals surface area contributed by atoms with E-state index in [0.717, 1.165) is 34.6 Å². The maximum atomic E-state index is 13.8. The molecule has 9 nitrogen and oxygen atoms in total. The number of ether oxygens (including phenoxy) is 2. The Morgan fingerprint density at radius 2 is 1.71 bits per heavy atom. The molecule has 0 saturated heterocycles. The molecule has 0 radical (unpaired) electrons. The molecule has 0 saturated carbocycles. The zero-order valence-electron chi connectivity index (χ0n) is 22.8. The van der Waals surface area contributed by atoms with Crippen LogP contribution in [0, 0.1) is 0 Å². The summed E-state index contributed by atoms with van der Waals surface area (Å²) in [6.45, 7) is -0.407. The zero-order chi connectivity index (χ0) is 32.7. The molecule has 0 bridgehead atoms. The topological polar surface area (TPSA) is 112 Å². The van der Waals surface area contributed by atoms with Crippen LogP contribution in [0.15, 0.2) is 70.0 Å². The van der Waals surface area contributed by atoms with E-state index in [1.807, 2.05) is 0 Å². The maximum Gasteiger partial charge on any atom is 0.417 e. The molecule has 0 fully saturated rings. The van der Waals surface area contributed by atoms with Gasteiger partial charge in [0, 0.05) is 12.0 Å². The molecule has 1 aliphatic heterocycles. The first-order valence-electron chi connectivity index (χ1n) is 12.9. The van der Waals surface area contributed by atoms with Gasteiger partial charge in [-0.25, -0.2) is 8.42 Å². The Kier molecular flexibility index (Phi) is 8.48. The van der Waals surface area contributed by atoms with Crippen molar-refractivity contribution in [2.75, 3.05) is 18.0 Å². The van der Waals surface area contributed by atoms with E-state index < -0.39 is 68.5 Å². The summed E-state index contributed by atoms with van der Waals surface area (Å²) in [6, 6.07) is 10.2. The van der Waals surface area contributed by atoms with Gasteiger partial charge in [-0.1, -0.05) is 23.7 Å². The number of nitrogens with zero attached hydrogens (tertiary/aromatic N) is 3. The van der Waals surface area contributed by atoms with Crippen LogP contribution < -0.4 is 9.04 Å². The first-order chi connectivity index (χ1) is 21.1. The molecule has 1 aliphatic rings. The molecule has 1 aromatic heterocycles. The second-order valence-electron chi connectivity index (χ2n) is 9.67. The molecule has 17 heteroatoms. The molecule has 0 unspecified atom stereocenters. The minimum absolute atomic E-state index is 0.00880. The van der Waals surface area contributed by atoms with Crippen LogP contribution in [0.2, 0.25) is 5.02 Å². The monoisotopic (exact) mass is 675 g/mol. The molecule has 2 heterocycles. The summed E-state index contributed by atoms with van der Waals surface area (Å²) in [5.74, 6) is -1.48. The smallest absolute Gasteiger partial charge is 0.417 e. The van der Waals surface area contributed by atoms with Crippen molar-refractivity contribution in [3.8, 4) is 28.7 Å². The van der Waals surface area contributed by atoms with E-state index in [2.05, 4.69) is 14.9 Å². The van der Waals surface area contributed by atoms with Crippen LogP contribution in [-0.2, 0) is 31.9 Å². The van der Waals surface area contributed by atoms with Gasteiger partial charge in [-0.15, -0.1) is 10.2 Å². The third-order valence-corrected chi connectivity index (χ3v) is 8.83. The molecule has 5 rings (SSSR count). The van der Waals surface area contributed by atoms with Gasteiger partial charge in [0.25, 0.3) is 10.0 Å². The van der Waals surface area contributed by atoms with Gasteiger partial charge in [-0.2, -0.15) is 26.3 Å². The van der Waals surface area contributed by atoms with Gasteiger partial charge >= 0.3 is 18.3 Å². The second-order valence-corrected chi connectivity index (χ2v) is 11.9. The van der Waals surface area contributed by atoms with Gasteiger partial charge in [0.2, 0.25) is 11.8 Å². The van der Waals surface area contributed by atoms with Crippen LogP contribution in [0.25, 0.3) is 22.9 Å². The van der Waals surface area contributed by atoms with Crippen LogP contribution >= 0.6 is 11.6 Å². The number of esters is 1. The Balaban J connectivity index is 1.58. The van der Waals surface area contributed by atoms with E-state index in [-0.39, 0.29) is 40.8 Å². The highest BCUT2D eigenvalue weighted by molar-refractivity contribution is 7.92. The molecule has 1 atom stereocenters. The molecule has 0 N–H and O–H groups in total. The number of carbonyl (C=O) groups excluding carboxylic acids is 1. The van der Waals surface area contributed by atoms with Crippen LogP contribution in [0.1, 0.15) is 24.0 Å².